The van der Waals surface area contributed by atoms with Gasteiger partial charge in [-0.25, -0.2) is 9.59 Å². The molecule has 0 unspecified atom stereocenters. The van der Waals surface area contributed by atoms with Gasteiger partial charge in [0, 0.05) is 61.4 Å². The number of anilines is 1. The van der Waals surface area contributed by atoms with E-state index in [0.29, 0.717) is 0 Å². The highest BCUT2D eigenvalue weighted by atomic mass is 33.5. The summed E-state index contributed by atoms with van der Waals surface area (Å²) in [7, 11) is 10.8. The molecule has 19 atom stereocenters. The van der Waals surface area contributed by atoms with Gasteiger partial charge in [-0.15, -0.1) is 0 Å². The van der Waals surface area contributed by atoms with Crippen molar-refractivity contribution in [2.24, 2.45) is 0 Å². The number of carbonyl (C=O) groups excluding carboxylic acids is 4. The maximum absolute atomic E-state index is 15.6. The zero-order valence-corrected chi connectivity index (χ0v) is 54.6. The monoisotopic (exact) mass is 1320 g/mol. The predicted molar refractivity (Wildman–Crippen MR) is 330 cm³/mol. The number of alkyl carbamates (subject to hydrolysis) is 1. The first-order valence-electron chi connectivity index (χ1n) is 28.4. The number of nitrogens with one attached hydrogen (secondary N) is 4. The van der Waals surface area contributed by atoms with Crippen LogP contribution in [0, 0.1) is 23.7 Å². The summed E-state index contributed by atoms with van der Waals surface area (Å²) < 4.78 is 77.9. The number of amides is 2. The number of hydrogen-bond acceptors (Lipinski definition) is 28. The second-order valence-corrected chi connectivity index (χ2v) is 26.8. The van der Waals surface area contributed by atoms with Crippen LogP contribution >= 0.6 is 43.2 Å². The van der Waals surface area contributed by atoms with Crippen molar-refractivity contribution in [2.75, 3.05) is 65.7 Å². The van der Waals surface area contributed by atoms with Gasteiger partial charge in [0.25, 0.3) is 5.91 Å². The average molecular weight is 1330 g/mol. The van der Waals surface area contributed by atoms with E-state index >= 15 is 4.79 Å². The van der Waals surface area contributed by atoms with Gasteiger partial charge in [-0.05, 0) is 55.3 Å². The molecule has 7 rings (SSSR count). The lowest BCUT2D eigenvalue weighted by Gasteiger charge is -2.47. The Morgan fingerprint density at radius 2 is 1.56 bits per heavy atom. The van der Waals surface area contributed by atoms with Gasteiger partial charge in [-0.1, -0.05) is 71.8 Å². The van der Waals surface area contributed by atoms with Gasteiger partial charge in [0.2, 0.25) is 5.78 Å². The summed E-state index contributed by atoms with van der Waals surface area (Å²) in [5.41, 5.74) is -0.949. The number of ketones is 1. The molecule has 0 radical (unpaired) electrons. The quantitative estimate of drug-likeness (QED) is 0.0132. The molecule has 1 aromatic rings. The first-order valence-corrected chi connectivity index (χ1v) is 33.8. The standard InChI is InChI=1S/C59H80N4O22S4/c1-28(2)60-36-27-77-43(25-39(36)73-8)83-52-50(66)47(63-85-45-24-37(64)53(86-12)31(5)79-45)29(3)80-57(52)82-38-18-16-14-15-17-20-59(71)34(19-21-88-89-87-13)46(38)48(62-58(70)76-11)51(67)54(59)84-44-26-42(49(65)30(4)78-44)81-56(69)33-22-40(74-9)41(75-10)23-35(33)61-55(68)32(6)72-7/h14-15,19,22-23,28-31,36-39,42-45,47,49-50,52-54,57,60,63-66,71H,6,21,24-27H2,1-5,7-13H3,(H,61,68)(H,62,70)/b15-14-,34-19+/t29-,30+,31-,36+,37+,38-,39+,42+,43+,44+,45+,47-,49-,50+,52-,53-,54-,57+,59-/m1/s1. The summed E-state index contributed by atoms with van der Waals surface area (Å²) >= 11 is 1.47. The zero-order chi connectivity index (χ0) is 64.9. The molecule has 492 valence electrons. The van der Waals surface area contributed by atoms with Crippen molar-refractivity contribution in [1.82, 2.24) is 16.1 Å². The Kier molecular flexibility index (Phi) is 26.9. The van der Waals surface area contributed by atoms with Crippen LogP contribution < -0.4 is 30.9 Å². The maximum atomic E-state index is 15.6. The first-order chi connectivity index (χ1) is 42.5. The van der Waals surface area contributed by atoms with Crippen LogP contribution in [0.4, 0.5) is 10.5 Å². The van der Waals surface area contributed by atoms with Crippen LogP contribution in [0.1, 0.15) is 64.2 Å². The number of allylic oxidation sites excluding steroid dienone is 2. The predicted octanol–water partition coefficient (Wildman–Crippen LogP) is 3.42. The van der Waals surface area contributed by atoms with Crippen LogP contribution in [0.15, 0.2) is 59.5 Å². The third kappa shape index (κ3) is 17.6. The third-order valence-corrected chi connectivity index (χ3v) is 20.2. The number of hydrogen-bond donors (Lipinski definition) is 8. The van der Waals surface area contributed by atoms with E-state index in [9.17, 15) is 34.8 Å². The molecule has 4 saturated heterocycles. The van der Waals surface area contributed by atoms with Gasteiger partial charge in [0.1, 0.15) is 30.5 Å². The Bertz CT molecular complexity index is 2890. The second kappa shape index (κ2) is 33.3. The number of rotatable bonds is 25. The molecule has 8 N–H and O–H groups in total. The minimum absolute atomic E-state index is 0.0843. The molecule has 4 heterocycles. The highest BCUT2D eigenvalue weighted by Crippen LogP contribution is 2.44. The molecule has 1 aromatic carbocycles. The molecule has 26 nitrogen and oxygen atoms in total. The van der Waals surface area contributed by atoms with Crippen LogP contribution in [-0.4, -0.2) is 226 Å². The minimum atomic E-state index is -2.66. The number of methoxy groups -OCH3 is 5. The highest BCUT2D eigenvalue weighted by molar-refractivity contribution is 9.09. The van der Waals surface area contributed by atoms with E-state index in [1.807, 2.05) is 33.3 Å². The van der Waals surface area contributed by atoms with Crippen LogP contribution in [0.2, 0.25) is 0 Å². The Hall–Kier alpha value is -4.62. The van der Waals surface area contributed by atoms with Crippen molar-refractivity contribution in [2.45, 2.75) is 175 Å². The Labute approximate surface area is 533 Å². The van der Waals surface area contributed by atoms with Gasteiger partial charge in [-0.3, -0.25) is 19.7 Å². The van der Waals surface area contributed by atoms with Gasteiger partial charge in [0.05, 0.1) is 99.8 Å². The number of carbonyl (C=O) groups is 4. The number of Topliss-reactive ketones (excluding diaryl/α,β-unsaturated/α-hetero) is 1. The highest BCUT2D eigenvalue weighted by Gasteiger charge is 2.57. The smallest absolute Gasteiger partial charge is 0.411 e. The molecule has 6 aliphatic rings. The van der Waals surface area contributed by atoms with E-state index in [-0.39, 0.29) is 88.3 Å². The lowest BCUT2D eigenvalue weighted by molar-refractivity contribution is -0.336. The van der Waals surface area contributed by atoms with E-state index in [1.165, 1.54) is 95.7 Å². The molecule has 0 spiro atoms. The van der Waals surface area contributed by atoms with Gasteiger partial charge >= 0.3 is 12.1 Å². The molecule has 4 fully saturated rings. The topological polar surface area (TPSA) is 327 Å². The second-order valence-electron chi connectivity index (χ2n) is 21.4. The van der Waals surface area contributed by atoms with Crippen LogP contribution in [0.3, 0.4) is 0 Å². The van der Waals surface area contributed by atoms with E-state index in [4.69, 9.17) is 66.4 Å². The fourth-order valence-corrected chi connectivity index (χ4v) is 14.1. The number of esters is 1. The molecular weight excluding hydrogens is 1240 g/mol. The molecule has 2 aliphatic carbocycles. The summed E-state index contributed by atoms with van der Waals surface area (Å²) in [4.78, 5) is 62.5. The zero-order valence-electron chi connectivity index (χ0n) is 51.4. The van der Waals surface area contributed by atoms with Crippen molar-refractivity contribution < 1.29 is 106 Å². The Morgan fingerprint density at radius 3 is 2.22 bits per heavy atom. The molecule has 30 heteroatoms. The van der Waals surface area contributed by atoms with Crippen molar-refractivity contribution >= 4 is 72.6 Å². The summed E-state index contributed by atoms with van der Waals surface area (Å²) in [5.74, 6) is 8.60. The van der Waals surface area contributed by atoms with Crippen LogP contribution in [0.5, 0.6) is 11.5 Å². The summed E-state index contributed by atoms with van der Waals surface area (Å²) in [6.45, 7) is 12.6. The fourth-order valence-electron chi connectivity index (χ4n) is 10.8. The van der Waals surface area contributed by atoms with E-state index in [2.05, 4.69) is 51.7 Å². The number of benzene rings is 1. The van der Waals surface area contributed by atoms with Crippen LogP contribution in [0.25, 0.3) is 0 Å². The molecule has 2 bridgehead atoms. The van der Waals surface area contributed by atoms with Gasteiger partial charge < -0.3 is 92.6 Å². The van der Waals surface area contributed by atoms with Crippen molar-refractivity contribution in [1.29, 1.82) is 0 Å². The molecule has 89 heavy (non-hydrogen) atoms. The normalized spacial score (nSPS) is 34.4. The molecule has 2 amide bonds. The van der Waals surface area contributed by atoms with Crippen molar-refractivity contribution in [3.63, 3.8) is 0 Å². The average Bonchev–Trinajstić information content (AvgIpc) is 0.971. The fraction of sp³-hybridized carbons (Fsp3) is 0.627. The minimum Gasteiger partial charge on any atom is -0.493 e. The van der Waals surface area contributed by atoms with E-state index in [0.717, 1.165) is 7.11 Å². The third-order valence-electron chi connectivity index (χ3n) is 15.2. The summed E-state index contributed by atoms with van der Waals surface area (Å²) in [6, 6.07) is 1.39. The number of hydroxylamine groups is 1. The summed E-state index contributed by atoms with van der Waals surface area (Å²) in [5, 5.41) is 56.8. The number of fused-ring (bicyclic) bond motifs is 2. The molecule has 0 aromatic heterocycles. The number of thioether (sulfide) groups is 1. The van der Waals surface area contributed by atoms with Crippen molar-refractivity contribution in [3.05, 3.63) is 65.1 Å². The van der Waals surface area contributed by atoms with E-state index in [1.54, 1.807) is 20.1 Å². The Morgan fingerprint density at radius 1 is 0.854 bits per heavy atom. The lowest BCUT2D eigenvalue weighted by Crippen LogP contribution is -2.65. The van der Waals surface area contributed by atoms with Crippen LogP contribution in [-0.2, 0) is 66.5 Å². The van der Waals surface area contributed by atoms with E-state index < -0.39 is 134 Å². The van der Waals surface area contributed by atoms with Gasteiger partial charge in [-0.2, -0.15) is 17.2 Å². The lowest BCUT2D eigenvalue weighted by atomic mass is 9.73. The maximum Gasteiger partial charge on any atom is 0.411 e. The first kappa shape index (κ1) is 71.8. The number of aliphatic hydroxyl groups is 4. The molecule has 0 saturated carbocycles. The number of aliphatic hydroxyl groups excluding tert-OH is 3. The number of ether oxygens (including phenoxy) is 13. The molecule has 4 aliphatic heterocycles. The SMILES string of the molecule is C=C(OC)C(=O)Nc1cc(OC)c(OC)cc1C(=O)O[C@H]1C[C@H](O[C@@H]2C(=O)C(NC(=O)OC)=C3/C(=C\CSSSC)[C@]2(O)C#C/C=C\C#C[C@H]3O[C@@H]2O[C@H](C)[C@@H](NO[C@H]3C[C@H](O)[C@H](SC)[C@@H](C)O3)[C@H](O)[C@H]2O[C@H]2C[C@H](OC)[C@@H](NC(C)C)CO2)O[C@@H](C)[C@H]1O. The summed E-state index contributed by atoms with van der Waals surface area (Å²) in [6.07, 6.45) is -11.7. The van der Waals surface area contributed by atoms with Crippen molar-refractivity contribution in [3.8, 4) is 35.2 Å². The Balaban J connectivity index is 1.27. The molecular formula is C59H80N4O22S4. The largest absolute Gasteiger partial charge is 0.493 e. The van der Waals surface area contributed by atoms with Gasteiger partial charge in [0.15, 0.2) is 54.1 Å².